The van der Waals surface area contributed by atoms with Crippen LogP contribution in [0.3, 0.4) is 0 Å². The lowest BCUT2D eigenvalue weighted by Gasteiger charge is -2.28. The molecule has 0 saturated carbocycles. The molecule has 1 fully saturated rings. The van der Waals surface area contributed by atoms with Crippen molar-refractivity contribution < 1.29 is 47.5 Å². The molecule has 0 radical (unpaired) electrons. The third kappa shape index (κ3) is 31.8. The van der Waals surface area contributed by atoms with Crippen molar-refractivity contribution in [2.75, 3.05) is 59.9 Å². The summed E-state index contributed by atoms with van der Waals surface area (Å²) in [4.78, 5) is 36.9. The molecule has 11 heteroatoms. The summed E-state index contributed by atoms with van der Waals surface area (Å²) in [6, 6.07) is 0. The number of unbranched alkanes of at least 4 members (excludes halogenated alkanes) is 8. The minimum Gasteiger partial charge on any atom is -0.466 e. The Morgan fingerprint density at radius 3 is 1.55 bits per heavy atom. The quantitative estimate of drug-likeness (QED) is 0.0360. The van der Waals surface area contributed by atoms with Crippen LogP contribution >= 0.6 is 0 Å². The summed E-state index contributed by atoms with van der Waals surface area (Å²) in [6.07, 6.45) is 21.6. The van der Waals surface area contributed by atoms with Crippen molar-refractivity contribution in [3.05, 3.63) is 0 Å². The molecule has 1 saturated heterocycles. The third-order valence-electron chi connectivity index (χ3n) is 12.5. The second kappa shape index (κ2) is 37.3. The number of amides is 1. The minimum atomic E-state index is -0.632. The van der Waals surface area contributed by atoms with Crippen molar-refractivity contribution in [1.82, 2.24) is 5.32 Å². The van der Waals surface area contributed by atoms with Gasteiger partial charge in [-0.15, -0.1) is 0 Å². The maximum atomic E-state index is 12.4. The predicted octanol–water partition coefficient (Wildman–Crippen LogP) is 12.4. The molecule has 62 heavy (non-hydrogen) atoms. The van der Waals surface area contributed by atoms with Crippen LogP contribution in [0.4, 0.5) is 4.79 Å². The molecular weight excluding hydrogens is 787 g/mol. The molecule has 1 rings (SSSR count). The van der Waals surface area contributed by atoms with Crippen LogP contribution in [0, 0.1) is 35.5 Å². The van der Waals surface area contributed by atoms with Gasteiger partial charge in [0.1, 0.15) is 0 Å². The number of esters is 2. The van der Waals surface area contributed by atoms with E-state index < -0.39 is 11.9 Å². The van der Waals surface area contributed by atoms with E-state index in [4.69, 9.17) is 33.2 Å². The highest BCUT2D eigenvalue weighted by Crippen LogP contribution is 2.36. The highest BCUT2D eigenvalue weighted by molar-refractivity contribution is 5.69. The molecule has 0 aromatic rings. The largest absolute Gasteiger partial charge is 0.466 e. The maximum absolute atomic E-state index is 12.4. The molecule has 0 aliphatic carbocycles. The normalized spacial score (nSPS) is 17.6. The molecule has 0 aromatic heterocycles. The first-order valence-corrected chi connectivity index (χ1v) is 25.4. The number of hydrogen-bond acceptors (Lipinski definition) is 10. The first-order valence-electron chi connectivity index (χ1n) is 25.4. The topological polar surface area (TPSA) is 128 Å². The van der Waals surface area contributed by atoms with E-state index >= 15 is 0 Å². The average molecular weight is 884 g/mol. The van der Waals surface area contributed by atoms with E-state index in [-0.39, 0.29) is 24.6 Å². The molecule has 11 nitrogen and oxygen atoms in total. The van der Waals surface area contributed by atoms with Gasteiger partial charge in [0, 0.05) is 45.8 Å². The predicted molar refractivity (Wildman–Crippen MR) is 250 cm³/mol. The number of hydrogen-bond donors (Lipinski definition) is 1. The number of ether oxygens (including phenoxy) is 7. The Kier molecular flexibility index (Phi) is 34.9. The fourth-order valence-corrected chi connectivity index (χ4v) is 8.26. The van der Waals surface area contributed by atoms with Crippen molar-refractivity contribution in [1.29, 1.82) is 0 Å². The van der Waals surface area contributed by atoms with Crippen LogP contribution in [0.2, 0.25) is 0 Å². The van der Waals surface area contributed by atoms with Gasteiger partial charge in [-0.1, -0.05) is 107 Å². The van der Waals surface area contributed by atoms with E-state index in [1.807, 2.05) is 0 Å². The van der Waals surface area contributed by atoms with Gasteiger partial charge in [-0.05, 0) is 99.7 Å². The van der Waals surface area contributed by atoms with Crippen LogP contribution in [-0.2, 0) is 42.7 Å². The smallest absolute Gasteiger partial charge is 0.407 e. The van der Waals surface area contributed by atoms with Crippen LogP contribution in [0.25, 0.3) is 0 Å². The van der Waals surface area contributed by atoms with Gasteiger partial charge in [-0.3, -0.25) is 9.59 Å². The lowest BCUT2D eigenvalue weighted by molar-refractivity contribution is -0.180. The molecule has 3 atom stereocenters. The molecule has 1 heterocycles. The first kappa shape index (κ1) is 58.1. The number of methoxy groups -OCH3 is 1. The van der Waals surface area contributed by atoms with Crippen molar-refractivity contribution in [3.63, 3.8) is 0 Å². The van der Waals surface area contributed by atoms with Crippen LogP contribution in [0.1, 0.15) is 203 Å². The molecule has 1 aliphatic rings. The number of nitrogens with one attached hydrogen (secondary N) is 1. The summed E-state index contributed by atoms with van der Waals surface area (Å²) in [6.45, 7) is 21.9. The number of rotatable bonds is 41. The fourth-order valence-electron chi connectivity index (χ4n) is 8.26. The Labute approximate surface area is 380 Å². The zero-order valence-corrected chi connectivity index (χ0v) is 41.5. The van der Waals surface area contributed by atoms with E-state index in [2.05, 4.69) is 60.7 Å². The zero-order valence-electron chi connectivity index (χ0n) is 41.5. The molecule has 0 aromatic carbocycles. The van der Waals surface area contributed by atoms with Crippen molar-refractivity contribution in [3.8, 4) is 0 Å². The van der Waals surface area contributed by atoms with Gasteiger partial charge in [-0.2, -0.15) is 0 Å². The summed E-state index contributed by atoms with van der Waals surface area (Å²) < 4.78 is 39.9. The Bertz CT molecular complexity index is 1040. The highest BCUT2D eigenvalue weighted by atomic mass is 16.7. The maximum Gasteiger partial charge on any atom is 0.407 e. The Balaban J connectivity index is 2.42. The van der Waals surface area contributed by atoms with E-state index in [0.29, 0.717) is 89.1 Å². The number of carbonyl (C=O) groups excluding carboxylic acids is 3. The third-order valence-corrected chi connectivity index (χ3v) is 12.5. The van der Waals surface area contributed by atoms with Crippen LogP contribution in [0.5, 0.6) is 0 Å². The zero-order chi connectivity index (χ0) is 45.9. The van der Waals surface area contributed by atoms with Gasteiger partial charge >= 0.3 is 18.0 Å². The lowest BCUT2D eigenvalue weighted by Crippen LogP contribution is -2.32. The van der Waals surface area contributed by atoms with E-state index in [1.54, 1.807) is 7.11 Å². The summed E-state index contributed by atoms with van der Waals surface area (Å²) >= 11 is 0. The summed E-state index contributed by atoms with van der Waals surface area (Å²) in [5.41, 5.74) is 0. The lowest BCUT2D eigenvalue weighted by atomic mass is 9.85. The van der Waals surface area contributed by atoms with E-state index in [9.17, 15) is 14.4 Å². The van der Waals surface area contributed by atoms with Crippen molar-refractivity contribution in [2.45, 2.75) is 215 Å². The van der Waals surface area contributed by atoms with Gasteiger partial charge in [0.25, 0.3) is 0 Å². The van der Waals surface area contributed by atoms with Gasteiger partial charge in [0.05, 0.1) is 52.4 Å². The Morgan fingerprint density at radius 1 is 0.565 bits per heavy atom. The standard InChI is InChI=1S/C51H97NO10/c1-41(2)26-28-45(43(5)6)22-20-34-58-48(53)24-16-12-10-14-18-31-51(61-40-47(62-51)30-36-60-50(55)52-33-37-57-39-38-56-9)32-19-15-11-13-17-25-49(54)59-35-21-23-46(44(7)8)29-27-42(3)4/h41-47H,10-40H2,1-9H3,(H,52,55). The van der Waals surface area contributed by atoms with E-state index in [0.717, 1.165) is 115 Å². The average Bonchev–Trinajstić information content (AvgIpc) is 3.62. The molecule has 0 spiro atoms. The van der Waals surface area contributed by atoms with Crippen LogP contribution in [0.15, 0.2) is 0 Å². The fraction of sp³-hybridized carbons (Fsp3) is 0.941. The number of alkyl carbamates (subject to hydrolysis) is 1. The molecule has 1 aliphatic heterocycles. The summed E-state index contributed by atoms with van der Waals surface area (Å²) in [5, 5.41) is 2.71. The number of carbonyl (C=O) groups is 3. The molecule has 3 unspecified atom stereocenters. The molecular formula is C51H97NO10. The van der Waals surface area contributed by atoms with Crippen LogP contribution < -0.4 is 5.32 Å². The van der Waals surface area contributed by atoms with Crippen LogP contribution in [-0.4, -0.2) is 89.8 Å². The van der Waals surface area contributed by atoms with E-state index in [1.165, 1.54) is 25.7 Å². The molecule has 366 valence electrons. The Hall–Kier alpha value is -1.95. The first-order chi connectivity index (χ1) is 29.8. The van der Waals surface area contributed by atoms with Gasteiger partial charge in [-0.25, -0.2) is 4.79 Å². The SMILES string of the molecule is COCCOCCNC(=O)OCCC1COC(CCCCCCCC(=O)OCCCC(CCC(C)C)C(C)C)(CCCCCCCC(=O)OCCCC(CCC(C)C)C(C)C)O1. The van der Waals surface area contributed by atoms with Gasteiger partial charge < -0.3 is 38.5 Å². The van der Waals surface area contributed by atoms with Crippen molar-refractivity contribution >= 4 is 18.0 Å². The monoisotopic (exact) mass is 884 g/mol. The minimum absolute atomic E-state index is 0.0718. The molecule has 0 bridgehead atoms. The molecule has 1 N–H and O–H groups in total. The summed E-state index contributed by atoms with van der Waals surface area (Å²) in [7, 11) is 1.62. The van der Waals surface area contributed by atoms with Gasteiger partial charge in [0.15, 0.2) is 5.79 Å². The molecule has 1 amide bonds. The Morgan fingerprint density at radius 2 is 1.06 bits per heavy atom. The summed E-state index contributed by atoms with van der Waals surface area (Å²) in [5.74, 6) is 3.41. The highest BCUT2D eigenvalue weighted by Gasteiger charge is 2.40. The second-order valence-corrected chi connectivity index (χ2v) is 19.6. The van der Waals surface area contributed by atoms with Gasteiger partial charge in [0.2, 0.25) is 0 Å². The second-order valence-electron chi connectivity index (χ2n) is 19.6. The van der Waals surface area contributed by atoms with Crippen molar-refractivity contribution in [2.24, 2.45) is 35.5 Å².